The second-order valence-corrected chi connectivity index (χ2v) is 4.29. The molecule has 0 bridgehead atoms. The summed E-state index contributed by atoms with van der Waals surface area (Å²) >= 11 is 5.84. The van der Waals surface area contributed by atoms with E-state index in [4.69, 9.17) is 11.6 Å². The Labute approximate surface area is 110 Å². The van der Waals surface area contributed by atoms with Crippen LogP contribution in [0.2, 0.25) is 0 Å². The Morgan fingerprint density at radius 1 is 1.17 bits per heavy atom. The molecule has 3 aromatic rings. The first-order valence-electron chi connectivity index (χ1n) is 5.71. The lowest BCUT2D eigenvalue weighted by Gasteiger charge is -2.09. The topological polar surface area (TPSA) is 29.3 Å². The number of imidazole rings is 1. The molecule has 0 saturated heterocycles. The van der Waals surface area contributed by atoms with Crippen molar-refractivity contribution < 1.29 is 0 Å². The van der Waals surface area contributed by atoms with Gasteiger partial charge in [0.05, 0.1) is 0 Å². The van der Waals surface area contributed by atoms with Crippen molar-refractivity contribution in [2.24, 2.45) is 0 Å². The Bertz CT molecular complexity index is 675. The fourth-order valence-corrected chi connectivity index (χ4v) is 2.10. The zero-order valence-electron chi connectivity index (χ0n) is 9.68. The Kier molecular flexibility index (Phi) is 2.90. The number of anilines is 2. The van der Waals surface area contributed by atoms with Gasteiger partial charge in [-0.05, 0) is 29.8 Å². The van der Waals surface area contributed by atoms with Gasteiger partial charge in [0.1, 0.15) is 11.5 Å². The fraction of sp³-hybridized carbons (Fsp3) is 0.0714. The van der Waals surface area contributed by atoms with Crippen LogP contribution in [-0.2, 0) is 5.88 Å². The second-order valence-electron chi connectivity index (χ2n) is 4.03. The maximum Gasteiger partial charge on any atom is 0.138 e. The van der Waals surface area contributed by atoms with E-state index >= 15 is 0 Å². The Hall–Kier alpha value is -2.00. The van der Waals surface area contributed by atoms with Gasteiger partial charge in [0, 0.05) is 24.0 Å². The highest BCUT2D eigenvalue weighted by atomic mass is 35.5. The molecule has 0 aliphatic rings. The molecule has 3 nitrogen and oxygen atoms in total. The summed E-state index contributed by atoms with van der Waals surface area (Å²) in [5.41, 5.74) is 3.04. The van der Waals surface area contributed by atoms with Gasteiger partial charge in [0.15, 0.2) is 0 Å². The van der Waals surface area contributed by atoms with E-state index in [1.807, 2.05) is 53.1 Å². The van der Waals surface area contributed by atoms with Crippen LogP contribution in [0.15, 0.2) is 54.9 Å². The number of benzene rings is 1. The van der Waals surface area contributed by atoms with Crippen molar-refractivity contribution in [2.45, 2.75) is 5.88 Å². The molecule has 0 unspecified atom stereocenters. The van der Waals surface area contributed by atoms with Gasteiger partial charge in [-0.15, -0.1) is 11.6 Å². The number of pyridine rings is 1. The fourth-order valence-electron chi connectivity index (χ4n) is 1.93. The van der Waals surface area contributed by atoms with E-state index in [1.54, 1.807) is 6.20 Å². The number of hydrogen-bond donors (Lipinski definition) is 1. The summed E-state index contributed by atoms with van der Waals surface area (Å²) in [6.07, 6.45) is 3.72. The van der Waals surface area contributed by atoms with Crippen LogP contribution in [0.25, 0.3) is 5.65 Å². The second kappa shape index (κ2) is 4.70. The molecule has 1 N–H and O–H groups in total. The monoisotopic (exact) mass is 257 g/mol. The summed E-state index contributed by atoms with van der Waals surface area (Å²) in [4.78, 5) is 4.26. The van der Waals surface area contributed by atoms with Gasteiger partial charge in [-0.3, -0.25) is 4.40 Å². The molecule has 0 amide bonds. The Morgan fingerprint density at radius 3 is 2.94 bits per heavy atom. The highest BCUT2D eigenvalue weighted by Crippen LogP contribution is 2.19. The summed E-state index contributed by atoms with van der Waals surface area (Å²) in [6, 6.07) is 14.0. The Morgan fingerprint density at radius 2 is 2.06 bits per heavy atom. The summed E-state index contributed by atoms with van der Waals surface area (Å²) in [7, 11) is 0. The third-order valence-electron chi connectivity index (χ3n) is 2.78. The van der Waals surface area contributed by atoms with Crippen LogP contribution < -0.4 is 5.32 Å². The molecular formula is C14H12ClN3. The number of hydrogen-bond acceptors (Lipinski definition) is 2. The molecule has 0 aliphatic carbocycles. The van der Waals surface area contributed by atoms with Crippen LogP contribution >= 0.6 is 11.6 Å². The van der Waals surface area contributed by atoms with E-state index in [-0.39, 0.29) is 0 Å². The van der Waals surface area contributed by atoms with Crippen molar-refractivity contribution in [2.75, 3.05) is 5.32 Å². The molecule has 3 rings (SSSR count). The van der Waals surface area contributed by atoms with Crippen LogP contribution in [0, 0.1) is 0 Å². The van der Waals surface area contributed by atoms with Crippen molar-refractivity contribution >= 4 is 28.8 Å². The third-order valence-corrected chi connectivity index (χ3v) is 3.09. The summed E-state index contributed by atoms with van der Waals surface area (Å²) in [6.45, 7) is 0. The number of alkyl halides is 1. The van der Waals surface area contributed by atoms with Crippen LogP contribution in [0.3, 0.4) is 0 Å². The largest absolute Gasteiger partial charge is 0.341 e. The van der Waals surface area contributed by atoms with Crippen LogP contribution in [0.5, 0.6) is 0 Å². The molecule has 0 spiro atoms. The van der Waals surface area contributed by atoms with Crippen LogP contribution in [0.4, 0.5) is 11.5 Å². The van der Waals surface area contributed by atoms with Crippen molar-refractivity contribution in [3.63, 3.8) is 0 Å². The Balaban J connectivity index is 1.98. The van der Waals surface area contributed by atoms with Gasteiger partial charge in [0.25, 0.3) is 0 Å². The maximum absolute atomic E-state index is 5.84. The van der Waals surface area contributed by atoms with Gasteiger partial charge >= 0.3 is 0 Å². The molecule has 2 aromatic heterocycles. The molecule has 90 valence electrons. The SMILES string of the molecule is ClCc1cccc(Nc2cccc3nccn23)c1. The zero-order chi connectivity index (χ0) is 12.4. The molecular weight excluding hydrogens is 246 g/mol. The third kappa shape index (κ3) is 2.05. The standard InChI is InChI=1S/C14H12ClN3/c15-10-11-3-1-4-12(9-11)17-14-6-2-5-13-16-7-8-18(13)14/h1-9,17H,10H2. The summed E-state index contributed by atoms with van der Waals surface area (Å²) in [5, 5.41) is 3.37. The molecule has 18 heavy (non-hydrogen) atoms. The van der Waals surface area contributed by atoms with Crippen molar-refractivity contribution in [3.05, 3.63) is 60.4 Å². The number of nitrogens with one attached hydrogen (secondary N) is 1. The predicted octanol–water partition coefficient (Wildman–Crippen LogP) is 3.82. The molecule has 0 saturated carbocycles. The first-order chi connectivity index (χ1) is 8.86. The van der Waals surface area contributed by atoms with Crippen LogP contribution in [0.1, 0.15) is 5.56 Å². The molecule has 0 radical (unpaired) electrons. The van der Waals surface area contributed by atoms with E-state index in [9.17, 15) is 0 Å². The predicted molar refractivity (Wildman–Crippen MR) is 74.5 cm³/mol. The number of fused-ring (bicyclic) bond motifs is 1. The van der Waals surface area contributed by atoms with Crippen molar-refractivity contribution in [1.29, 1.82) is 0 Å². The average Bonchev–Trinajstić information content (AvgIpc) is 2.88. The highest BCUT2D eigenvalue weighted by molar-refractivity contribution is 6.17. The quantitative estimate of drug-likeness (QED) is 0.723. The minimum absolute atomic E-state index is 0.519. The smallest absolute Gasteiger partial charge is 0.138 e. The van der Waals surface area contributed by atoms with Gasteiger partial charge in [0.2, 0.25) is 0 Å². The summed E-state index contributed by atoms with van der Waals surface area (Å²) in [5.74, 6) is 1.50. The van der Waals surface area contributed by atoms with E-state index in [0.29, 0.717) is 5.88 Å². The molecule has 2 heterocycles. The molecule has 0 aliphatic heterocycles. The zero-order valence-corrected chi connectivity index (χ0v) is 10.4. The number of nitrogens with zero attached hydrogens (tertiary/aromatic N) is 2. The molecule has 1 aromatic carbocycles. The van der Waals surface area contributed by atoms with E-state index < -0.39 is 0 Å². The van der Waals surface area contributed by atoms with Crippen molar-refractivity contribution in [3.8, 4) is 0 Å². The lowest BCUT2D eigenvalue weighted by Crippen LogP contribution is -1.97. The molecule has 0 atom stereocenters. The van der Waals surface area contributed by atoms with Gasteiger partial charge in [-0.2, -0.15) is 0 Å². The first-order valence-corrected chi connectivity index (χ1v) is 6.24. The summed E-state index contributed by atoms with van der Waals surface area (Å²) < 4.78 is 2.01. The van der Waals surface area contributed by atoms with Crippen molar-refractivity contribution in [1.82, 2.24) is 9.38 Å². The minimum Gasteiger partial charge on any atom is -0.341 e. The van der Waals surface area contributed by atoms with E-state index in [0.717, 1.165) is 22.7 Å². The normalized spacial score (nSPS) is 10.7. The lowest BCUT2D eigenvalue weighted by molar-refractivity contribution is 1.18. The van der Waals surface area contributed by atoms with Gasteiger partial charge < -0.3 is 5.32 Å². The number of rotatable bonds is 3. The van der Waals surface area contributed by atoms with Gasteiger partial charge in [-0.25, -0.2) is 4.98 Å². The number of halogens is 1. The number of aromatic nitrogens is 2. The lowest BCUT2D eigenvalue weighted by atomic mass is 10.2. The average molecular weight is 258 g/mol. The van der Waals surface area contributed by atoms with Crippen LogP contribution in [-0.4, -0.2) is 9.38 Å². The molecule has 0 fully saturated rings. The maximum atomic E-state index is 5.84. The first kappa shape index (κ1) is 11.1. The van der Waals surface area contributed by atoms with E-state index in [2.05, 4.69) is 10.3 Å². The minimum atomic E-state index is 0.519. The van der Waals surface area contributed by atoms with E-state index in [1.165, 1.54) is 0 Å². The van der Waals surface area contributed by atoms with Gasteiger partial charge in [-0.1, -0.05) is 18.2 Å². The molecule has 4 heteroatoms. The highest BCUT2D eigenvalue weighted by Gasteiger charge is 2.01.